The number of aromatic nitrogens is 3. The molecule has 0 spiro atoms. The molecule has 0 unspecified atom stereocenters. The Bertz CT molecular complexity index is 2270. The lowest BCUT2D eigenvalue weighted by atomic mass is 9.82. The molecule has 1 aromatic heterocycles. The van der Waals surface area contributed by atoms with Gasteiger partial charge >= 0.3 is 0 Å². The van der Waals surface area contributed by atoms with Crippen molar-refractivity contribution < 1.29 is 9.47 Å². The van der Waals surface area contributed by atoms with Gasteiger partial charge < -0.3 is 9.47 Å². The van der Waals surface area contributed by atoms with Gasteiger partial charge in [0.25, 0.3) is 0 Å². The summed E-state index contributed by atoms with van der Waals surface area (Å²) in [7, 11) is 0. The Labute approximate surface area is 273 Å². The van der Waals surface area contributed by atoms with E-state index in [1.165, 1.54) is 22.3 Å². The monoisotopic (exact) mass is 607 g/mol. The Balaban J connectivity index is 1.08. The molecule has 1 aliphatic carbocycles. The summed E-state index contributed by atoms with van der Waals surface area (Å²) in [5.74, 6) is 4.73. The van der Waals surface area contributed by atoms with Gasteiger partial charge in [-0.2, -0.15) is 0 Å². The zero-order chi connectivity index (χ0) is 31.5. The molecule has 0 radical (unpaired) electrons. The molecule has 0 saturated heterocycles. The minimum absolute atomic E-state index is 0.122. The van der Waals surface area contributed by atoms with Crippen LogP contribution in [0.1, 0.15) is 25.0 Å². The lowest BCUT2D eigenvalue weighted by Crippen LogP contribution is -2.15. The first-order valence-electron chi connectivity index (χ1n) is 15.8. The first kappa shape index (κ1) is 27.3. The van der Waals surface area contributed by atoms with E-state index in [0.29, 0.717) is 29.0 Å². The zero-order valence-electron chi connectivity index (χ0n) is 25.9. The van der Waals surface area contributed by atoms with E-state index in [1.54, 1.807) is 0 Å². The van der Waals surface area contributed by atoms with Crippen LogP contribution in [0.2, 0.25) is 0 Å². The molecule has 47 heavy (non-hydrogen) atoms. The standard InChI is InChI=1S/C42H29N3O2/c1-42(2)33-19-10-9-18-31(33)32-24-37-38(25-34(32)42)47-36-23-29(20-21-35(36)46-37)28-16-11-17-30(22-28)41-44-39(26-12-5-3-6-13-26)43-40(45-41)27-14-7-4-8-15-27/h3-25H,1-2H3. The molecule has 0 N–H and O–H groups in total. The molecular weight excluding hydrogens is 578 g/mol. The van der Waals surface area contributed by atoms with Crippen molar-refractivity contribution in [1.82, 2.24) is 15.0 Å². The van der Waals surface area contributed by atoms with E-state index in [9.17, 15) is 0 Å². The van der Waals surface area contributed by atoms with Crippen LogP contribution in [0.25, 0.3) is 56.4 Å². The molecule has 7 aromatic rings. The molecule has 2 heterocycles. The highest BCUT2D eigenvalue weighted by atomic mass is 16.6. The number of nitrogens with zero attached hydrogens (tertiary/aromatic N) is 3. The van der Waals surface area contributed by atoms with Gasteiger partial charge in [0, 0.05) is 22.1 Å². The van der Waals surface area contributed by atoms with Crippen molar-refractivity contribution >= 4 is 0 Å². The summed E-state index contributed by atoms with van der Waals surface area (Å²) in [6.07, 6.45) is 0. The molecule has 5 heteroatoms. The van der Waals surface area contributed by atoms with E-state index in [4.69, 9.17) is 24.4 Å². The lowest BCUT2D eigenvalue weighted by molar-refractivity contribution is 0.359. The second kappa shape index (κ2) is 10.5. The number of rotatable bonds is 4. The number of benzene rings is 6. The molecule has 9 rings (SSSR count). The maximum atomic E-state index is 6.54. The molecule has 6 aromatic carbocycles. The average Bonchev–Trinajstić information content (AvgIpc) is 3.35. The maximum Gasteiger partial charge on any atom is 0.170 e. The van der Waals surface area contributed by atoms with Gasteiger partial charge in [-0.25, -0.2) is 15.0 Å². The molecular formula is C42H29N3O2. The Morgan fingerprint density at radius 1 is 0.383 bits per heavy atom. The summed E-state index contributed by atoms with van der Waals surface area (Å²) < 4.78 is 13.0. The largest absolute Gasteiger partial charge is 0.449 e. The van der Waals surface area contributed by atoms with Crippen molar-refractivity contribution in [3.63, 3.8) is 0 Å². The first-order chi connectivity index (χ1) is 23.0. The molecule has 1 aliphatic heterocycles. The highest BCUT2D eigenvalue weighted by Gasteiger charge is 2.37. The van der Waals surface area contributed by atoms with Gasteiger partial charge in [-0.15, -0.1) is 0 Å². The molecule has 0 atom stereocenters. The summed E-state index contributed by atoms with van der Waals surface area (Å²) in [6, 6.07) is 47.3. The normalized spacial score (nSPS) is 13.4. The maximum absolute atomic E-state index is 6.54. The minimum Gasteiger partial charge on any atom is -0.449 e. The van der Waals surface area contributed by atoms with Gasteiger partial charge in [0.1, 0.15) is 0 Å². The summed E-state index contributed by atoms with van der Waals surface area (Å²) in [6.45, 7) is 4.54. The topological polar surface area (TPSA) is 57.1 Å². The van der Waals surface area contributed by atoms with E-state index >= 15 is 0 Å². The van der Waals surface area contributed by atoms with Gasteiger partial charge in [0.15, 0.2) is 40.5 Å². The van der Waals surface area contributed by atoms with E-state index in [-0.39, 0.29) is 5.41 Å². The second-order valence-electron chi connectivity index (χ2n) is 12.5. The van der Waals surface area contributed by atoms with E-state index in [0.717, 1.165) is 39.3 Å². The minimum atomic E-state index is -0.122. The van der Waals surface area contributed by atoms with Crippen molar-refractivity contribution in [2.75, 3.05) is 0 Å². The lowest BCUT2D eigenvalue weighted by Gasteiger charge is -2.25. The van der Waals surface area contributed by atoms with Crippen molar-refractivity contribution in [1.29, 1.82) is 0 Å². The third-order valence-electron chi connectivity index (χ3n) is 9.18. The van der Waals surface area contributed by atoms with Gasteiger partial charge in [0.05, 0.1) is 0 Å². The highest BCUT2D eigenvalue weighted by Crippen LogP contribution is 2.55. The highest BCUT2D eigenvalue weighted by molar-refractivity contribution is 5.83. The molecule has 5 nitrogen and oxygen atoms in total. The summed E-state index contributed by atoms with van der Waals surface area (Å²) in [5.41, 5.74) is 9.71. The Morgan fingerprint density at radius 2 is 0.915 bits per heavy atom. The molecule has 0 amide bonds. The summed E-state index contributed by atoms with van der Waals surface area (Å²) in [4.78, 5) is 14.7. The van der Waals surface area contributed by atoms with Crippen LogP contribution >= 0.6 is 0 Å². The quantitative estimate of drug-likeness (QED) is 0.199. The van der Waals surface area contributed by atoms with Gasteiger partial charge in [-0.3, -0.25) is 0 Å². The SMILES string of the molecule is CC1(C)c2ccccc2-c2cc3c(cc21)Oc1cc(-c2cccc(-c4nc(-c5ccccc5)nc(-c5ccccc5)n4)c2)ccc1O3. The fourth-order valence-electron chi connectivity index (χ4n) is 6.73. The fraction of sp³-hybridized carbons (Fsp3) is 0.0714. The summed E-state index contributed by atoms with van der Waals surface area (Å²) in [5, 5.41) is 0. The van der Waals surface area contributed by atoms with E-state index < -0.39 is 0 Å². The van der Waals surface area contributed by atoms with Crippen LogP contribution in [0.5, 0.6) is 23.0 Å². The smallest absolute Gasteiger partial charge is 0.170 e. The third kappa shape index (κ3) is 4.59. The second-order valence-corrected chi connectivity index (χ2v) is 12.5. The zero-order valence-corrected chi connectivity index (χ0v) is 25.9. The number of hydrogen-bond acceptors (Lipinski definition) is 5. The molecule has 0 bridgehead atoms. The molecule has 224 valence electrons. The average molecular weight is 608 g/mol. The summed E-state index contributed by atoms with van der Waals surface area (Å²) >= 11 is 0. The van der Waals surface area contributed by atoms with Crippen molar-refractivity contribution in [2.24, 2.45) is 0 Å². The predicted octanol–water partition coefficient (Wildman–Crippen LogP) is 10.7. The van der Waals surface area contributed by atoms with Crippen LogP contribution in [0.15, 0.2) is 140 Å². The molecule has 2 aliphatic rings. The van der Waals surface area contributed by atoms with Crippen LogP contribution in [0.3, 0.4) is 0 Å². The third-order valence-corrected chi connectivity index (χ3v) is 9.18. The van der Waals surface area contributed by atoms with Crippen molar-refractivity contribution in [3.05, 3.63) is 151 Å². The number of ether oxygens (including phenoxy) is 2. The first-order valence-corrected chi connectivity index (χ1v) is 15.8. The van der Waals surface area contributed by atoms with Crippen LogP contribution in [0.4, 0.5) is 0 Å². The van der Waals surface area contributed by atoms with Crippen LogP contribution in [-0.4, -0.2) is 15.0 Å². The van der Waals surface area contributed by atoms with E-state index in [2.05, 4.69) is 68.4 Å². The fourth-order valence-corrected chi connectivity index (χ4v) is 6.73. The van der Waals surface area contributed by atoms with Crippen molar-refractivity contribution in [2.45, 2.75) is 19.3 Å². The Morgan fingerprint density at radius 3 is 1.64 bits per heavy atom. The Kier molecular flexibility index (Phi) is 6.09. The molecule has 0 fully saturated rings. The van der Waals surface area contributed by atoms with Crippen LogP contribution in [0, 0.1) is 0 Å². The number of hydrogen-bond donors (Lipinski definition) is 0. The number of fused-ring (bicyclic) bond motifs is 5. The van der Waals surface area contributed by atoms with Gasteiger partial charge in [-0.05, 0) is 63.7 Å². The van der Waals surface area contributed by atoms with Crippen molar-refractivity contribution in [3.8, 4) is 79.4 Å². The molecule has 0 saturated carbocycles. The van der Waals surface area contributed by atoms with Crippen LogP contribution in [-0.2, 0) is 5.41 Å². The van der Waals surface area contributed by atoms with Gasteiger partial charge in [-0.1, -0.05) is 123 Å². The predicted molar refractivity (Wildman–Crippen MR) is 186 cm³/mol. The van der Waals surface area contributed by atoms with E-state index in [1.807, 2.05) is 84.9 Å². The van der Waals surface area contributed by atoms with Gasteiger partial charge in [0.2, 0.25) is 0 Å². The Hall–Kier alpha value is -6.07. The van der Waals surface area contributed by atoms with Crippen LogP contribution < -0.4 is 9.47 Å².